The van der Waals surface area contributed by atoms with Gasteiger partial charge in [-0.2, -0.15) is 0 Å². The van der Waals surface area contributed by atoms with E-state index in [9.17, 15) is 4.79 Å². The summed E-state index contributed by atoms with van der Waals surface area (Å²) in [6, 6.07) is 11.4. The maximum absolute atomic E-state index is 11.7. The molecule has 0 amide bonds. The molecule has 4 aromatic heterocycles. The molecule has 1 fully saturated rings. The standard InChI is InChI=1S/C21H20N6O2/c28-20-13-15(5-6-22-20)18-3-2-17(21-23-7-8-27(18)21)25-16-1-4-19(24-14-16)26-9-11-29-12-10-26/h1-8,13-14,25H,9-12H2,(H,22,28). The third kappa shape index (κ3) is 3.45. The molecule has 0 spiro atoms. The number of aromatic amines is 1. The summed E-state index contributed by atoms with van der Waals surface area (Å²) in [6.07, 6.45) is 7.11. The molecule has 0 radical (unpaired) electrons. The first-order chi connectivity index (χ1) is 14.3. The number of H-pyrrole nitrogens is 1. The Morgan fingerprint density at radius 1 is 1.07 bits per heavy atom. The monoisotopic (exact) mass is 388 g/mol. The van der Waals surface area contributed by atoms with Crippen LogP contribution < -0.4 is 15.8 Å². The Morgan fingerprint density at radius 3 is 2.76 bits per heavy atom. The topological polar surface area (TPSA) is 87.6 Å². The molecule has 0 unspecified atom stereocenters. The lowest BCUT2D eigenvalue weighted by Gasteiger charge is -2.27. The quantitative estimate of drug-likeness (QED) is 0.559. The fraction of sp³-hybridized carbons (Fsp3) is 0.190. The highest BCUT2D eigenvalue weighted by Crippen LogP contribution is 2.27. The number of hydrogen-bond acceptors (Lipinski definition) is 6. The van der Waals surface area contributed by atoms with Gasteiger partial charge in [-0.3, -0.25) is 9.20 Å². The van der Waals surface area contributed by atoms with Crippen molar-refractivity contribution in [3.63, 3.8) is 0 Å². The molecule has 1 aliphatic heterocycles. The zero-order chi connectivity index (χ0) is 19.6. The van der Waals surface area contributed by atoms with Crippen molar-refractivity contribution >= 4 is 22.8 Å². The van der Waals surface area contributed by atoms with Crippen LogP contribution in [0.15, 0.2) is 66.0 Å². The molecule has 5 rings (SSSR count). The van der Waals surface area contributed by atoms with E-state index in [2.05, 4.69) is 25.2 Å². The van der Waals surface area contributed by atoms with Crippen LogP contribution in [-0.4, -0.2) is 45.7 Å². The van der Waals surface area contributed by atoms with Gasteiger partial charge in [0, 0.05) is 43.3 Å². The maximum atomic E-state index is 11.7. The minimum Gasteiger partial charge on any atom is -0.378 e. The molecule has 29 heavy (non-hydrogen) atoms. The van der Waals surface area contributed by atoms with E-state index in [0.717, 1.165) is 60.4 Å². The van der Waals surface area contributed by atoms with E-state index in [1.54, 1.807) is 18.5 Å². The molecule has 0 aliphatic carbocycles. The summed E-state index contributed by atoms with van der Waals surface area (Å²) in [5.41, 5.74) is 4.12. The minimum atomic E-state index is -0.135. The van der Waals surface area contributed by atoms with Crippen LogP contribution in [0.25, 0.3) is 16.9 Å². The predicted molar refractivity (Wildman–Crippen MR) is 112 cm³/mol. The average molecular weight is 388 g/mol. The van der Waals surface area contributed by atoms with Gasteiger partial charge >= 0.3 is 0 Å². The van der Waals surface area contributed by atoms with Gasteiger partial charge in [-0.25, -0.2) is 9.97 Å². The molecule has 1 aliphatic rings. The van der Waals surface area contributed by atoms with Gasteiger partial charge in [0.15, 0.2) is 5.65 Å². The molecule has 0 saturated carbocycles. The molecular weight excluding hydrogens is 368 g/mol. The number of anilines is 3. The van der Waals surface area contributed by atoms with Crippen LogP contribution >= 0.6 is 0 Å². The number of rotatable bonds is 4. The fourth-order valence-electron chi connectivity index (χ4n) is 3.55. The molecule has 2 N–H and O–H groups in total. The van der Waals surface area contributed by atoms with E-state index in [1.165, 1.54) is 0 Å². The van der Waals surface area contributed by atoms with Gasteiger partial charge in [-0.1, -0.05) is 0 Å². The summed E-state index contributed by atoms with van der Waals surface area (Å²) in [6.45, 7) is 3.19. The lowest BCUT2D eigenvalue weighted by atomic mass is 10.1. The molecule has 8 heteroatoms. The van der Waals surface area contributed by atoms with Crippen LogP contribution in [0.4, 0.5) is 17.2 Å². The van der Waals surface area contributed by atoms with Crippen LogP contribution in [0, 0.1) is 0 Å². The SMILES string of the molecule is O=c1cc(-c2ccc(Nc3ccc(N4CCOCC4)nc3)c3nccn23)cc[nH]1. The van der Waals surface area contributed by atoms with E-state index >= 15 is 0 Å². The van der Waals surface area contributed by atoms with Gasteiger partial charge in [0.1, 0.15) is 5.82 Å². The number of ether oxygens (including phenoxy) is 1. The van der Waals surface area contributed by atoms with Gasteiger partial charge in [0.05, 0.1) is 36.5 Å². The molecule has 0 aromatic carbocycles. The van der Waals surface area contributed by atoms with Crippen LogP contribution in [0.5, 0.6) is 0 Å². The normalized spacial score (nSPS) is 14.3. The largest absolute Gasteiger partial charge is 0.378 e. The summed E-state index contributed by atoms with van der Waals surface area (Å²) in [4.78, 5) is 25.6. The summed E-state index contributed by atoms with van der Waals surface area (Å²) >= 11 is 0. The molecule has 0 bridgehead atoms. The average Bonchev–Trinajstić information content (AvgIpc) is 3.26. The number of fused-ring (bicyclic) bond motifs is 1. The number of nitrogens with zero attached hydrogens (tertiary/aromatic N) is 4. The van der Waals surface area contributed by atoms with Crippen molar-refractivity contribution in [1.29, 1.82) is 0 Å². The Balaban J connectivity index is 1.43. The summed E-state index contributed by atoms with van der Waals surface area (Å²) in [7, 11) is 0. The molecule has 8 nitrogen and oxygen atoms in total. The van der Waals surface area contributed by atoms with Gasteiger partial charge in [-0.15, -0.1) is 0 Å². The van der Waals surface area contributed by atoms with Crippen molar-refractivity contribution < 1.29 is 4.74 Å². The number of morpholine rings is 1. The Labute approximate surface area is 166 Å². The second kappa shape index (κ2) is 7.40. The molecule has 4 aromatic rings. The molecular formula is C21H20N6O2. The highest BCUT2D eigenvalue weighted by Gasteiger charge is 2.13. The Kier molecular flexibility index (Phi) is 4.45. The summed E-state index contributed by atoms with van der Waals surface area (Å²) < 4.78 is 7.36. The van der Waals surface area contributed by atoms with E-state index in [4.69, 9.17) is 4.74 Å². The Morgan fingerprint density at radius 2 is 1.97 bits per heavy atom. The van der Waals surface area contributed by atoms with Gasteiger partial charge in [0.25, 0.3) is 0 Å². The van der Waals surface area contributed by atoms with Gasteiger partial charge in [-0.05, 0) is 30.3 Å². The lowest BCUT2D eigenvalue weighted by molar-refractivity contribution is 0.122. The molecule has 5 heterocycles. The minimum absolute atomic E-state index is 0.135. The van der Waals surface area contributed by atoms with Crippen LogP contribution in [-0.2, 0) is 4.74 Å². The van der Waals surface area contributed by atoms with Crippen LogP contribution in [0.3, 0.4) is 0 Å². The van der Waals surface area contributed by atoms with Crippen molar-refractivity contribution in [2.24, 2.45) is 0 Å². The molecule has 146 valence electrons. The van der Waals surface area contributed by atoms with Crippen LogP contribution in [0.2, 0.25) is 0 Å². The second-order valence-electron chi connectivity index (χ2n) is 6.82. The van der Waals surface area contributed by atoms with Crippen molar-refractivity contribution in [3.05, 3.63) is 71.5 Å². The van der Waals surface area contributed by atoms with Crippen molar-refractivity contribution in [2.45, 2.75) is 0 Å². The fourth-order valence-corrected chi connectivity index (χ4v) is 3.55. The van der Waals surface area contributed by atoms with E-state index in [-0.39, 0.29) is 5.56 Å². The van der Waals surface area contributed by atoms with E-state index in [1.807, 2.05) is 47.1 Å². The first-order valence-electron chi connectivity index (χ1n) is 9.49. The first kappa shape index (κ1) is 17.4. The first-order valence-corrected chi connectivity index (χ1v) is 9.49. The van der Waals surface area contributed by atoms with Gasteiger partial charge < -0.3 is 19.9 Å². The summed E-state index contributed by atoms with van der Waals surface area (Å²) in [5, 5.41) is 3.40. The number of pyridine rings is 3. The molecule has 0 atom stereocenters. The van der Waals surface area contributed by atoms with E-state index < -0.39 is 0 Å². The number of nitrogens with one attached hydrogen (secondary N) is 2. The Bertz CT molecular complexity index is 1190. The van der Waals surface area contributed by atoms with Crippen molar-refractivity contribution in [1.82, 2.24) is 19.4 Å². The number of aromatic nitrogens is 4. The van der Waals surface area contributed by atoms with Crippen LogP contribution in [0.1, 0.15) is 0 Å². The molecule has 1 saturated heterocycles. The zero-order valence-electron chi connectivity index (χ0n) is 15.7. The van der Waals surface area contributed by atoms with Crippen molar-refractivity contribution in [2.75, 3.05) is 36.5 Å². The number of imidazole rings is 1. The van der Waals surface area contributed by atoms with Crippen molar-refractivity contribution in [3.8, 4) is 11.3 Å². The highest BCUT2D eigenvalue weighted by atomic mass is 16.5. The summed E-state index contributed by atoms with van der Waals surface area (Å²) in [5.74, 6) is 0.953. The highest BCUT2D eigenvalue weighted by molar-refractivity contribution is 5.78. The zero-order valence-corrected chi connectivity index (χ0v) is 15.7. The van der Waals surface area contributed by atoms with E-state index in [0.29, 0.717) is 0 Å². The second-order valence-corrected chi connectivity index (χ2v) is 6.82. The van der Waals surface area contributed by atoms with Gasteiger partial charge in [0.2, 0.25) is 5.56 Å². The number of hydrogen-bond donors (Lipinski definition) is 2. The predicted octanol–water partition coefficient (Wildman–Crippen LogP) is 2.66. The third-order valence-electron chi connectivity index (χ3n) is 4.98. The third-order valence-corrected chi connectivity index (χ3v) is 4.98. The smallest absolute Gasteiger partial charge is 0.248 e. The lowest BCUT2D eigenvalue weighted by Crippen LogP contribution is -2.36. The Hall–Kier alpha value is -3.65. The maximum Gasteiger partial charge on any atom is 0.248 e.